The molecule has 0 aliphatic heterocycles. The van der Waals surface area contributed by atoms with Crippen LogP contribution >= 0.6 is 0 Å². The molecule has 104 valence electrons. The van der Waals surface area contributed by atoms with Crippen LogP contribution in [0.3, 0.4) is 0 Å². The van der Waals surface area contributed by atoms with Gasteiger partial charge in [0.05, 0.1) is 18.6 Å². The number of rotatable bonds is 6. The average molecular weight is 268 g/mol. The van der Waals surface area contributed by atoms with Crippen LogP contribution in [0.15, 0.2) is 18.6 Å². The van der Waals surface area contributed by atoms with Gasteiger partial charge in [0.15, 0.2) is 0 Å². The van der Waals surface area contributed by atoms with Crippen LogP contribution in [0.1, 0.15) is 0 Å². The van der Waals surface area contributed by atoms with E-state index < -0.39 is 25.4 Å². The van der Waals surface area contributed by atoms with Crippen molar-refractivity contribution in [3.63, 3.8) is 0 Å². The second-order valence-electron chi connectivity index (χ2n) is 4.05. The van der Waals surface area contributed by atoms with Crippen molar-refractivity contribution in [2.24, 2.45) is 0 Å². The molecule has 1 unspecified atom stereocenters. The van der Waals surface area contributed by atoms with Crippen molar-refractivity contribution in [2.75, 3.05) is 18.9 Å². The Morgan fingerprint density at radius 1 is 1.32 bits per heavy atom. The minimum Gasteiger partial charge on any atom is -0.394 e. The summed E-state index contributed by atoms with van der Waals surface area (Å²) < 4.78 is 7.00. The Labute approximate surface area is 109 Å². The molecule has 0 fully saturated rings. The largest absolute Gasteiger partial charge is 0.394 e. The van der Waals surface area contributed by atoms with Gasteiger partial charge in [0.2, 0.25) is 0 Å². The molecule has 0 aliphatic carbocycles. The van der Waals surface area contributed by atoms with Gasteiger partial charge in [-0.15, -0.1) is 0 Å². The van der Waals surface area contributed by atoms with E-state index in [9.17, 15) is 5.11 Å². The van der Waals surface area contributed by atoms with E-state index in [1.165, 1.54) is 6.33 Å². The van der Waals surface area contributed by atoms with Gasteiger partial charge < -0.3 is 30.4 Å². The van der Waals surface area contributed by atoms with Gasteiger partial charge in [0.25, 0.3) is 0 Å². The highest BCUT2D eigenvalue weighted by Crippen LogP contribution is 2.17. The molecule has 8 nitrogen and oxygen atoms in total. The maximum absolute atomic E-state index is 9.41. The number of ether oxygens (including phenoxy) is 1. The molecule has 0 spiro atoms. The zero-order chi connectivity index (χ0) is 13.8. The second kappa shape index (κ2) is 5.93. The molecule has 0 aliphatic rings. The standard InChI is InChI=1S/C11H16N4O4/c12-10-7-1-2-15(11(7)14-5-13-10)6-19-9(4-17)8(18)3-16/h1-2,5,8-9,16-18H,3-4,6H2,(H2,12,13,14)/t8?,9-/m1/s1. The lowest BCUT2D eigenvalue weighted by atomic mass is 10.2. The van der Waals surface area contributed by atoms with Crippen LogP contribution in [0.25, 0.3) is 11.0 Å². The van der Waals surface area contributed by atoms with E-state index >= 15 is 0 Å². The van der Waals surface area contributed by atoms with Crippen LogP contribution in [-0.4, -0.2) is 55.3 Å². The Kier molecular flexibility index (Phi) is 4.27. The van der Waals surface area contributed by atoms with Gasteiger partial charge in [-0.25, -0.2) is 9.97 Å². The van der Waals surface area contributed by atoms with E-state index in [1.54, 1.807) is 16.8 Å². The summed E-state index contributed by atoms with van der Waals surface area (Å²) in [5.74, 6) is 0.373. The fourth-order valence-corrected chi connectivity index (χ4v) is 1.71. The molecule has 0 saturated carbocycles. The molecular formula is C11H16N4O4. The van der Waals surface area contributed by atoms with E-state index in [1.807, 2.05) is 0 Å². The third-order valence-corrected chi connectivity index (χ3v) is 2.81. The molecule has 2 rings (SSSR count). The third kappa shape index (κ3) is 2.82. The second-order valence-corrected chi connectivity index (χ2v) is 4.05. The first-order chi connectivity index (χ1) is 9.17. The maximum atomic E-state index is 9.41. The minimum absolute atomic E-state index is 0.0717. The number of fused-ring (bicyclic) bond motifs is 1. The van der Waals surface area contributed by atoms with Crippen molar-refractivity contribution in [1.82, 2.24) is 14.5 Å². The van der Waals surface area contributed by atoms with E-state index in [4.69, 9.17) is 20.7 Å². The van der Waals surface area contributed by atoms with Gasteiger partial charge in [0, 0.05) is 6.20 Å². The number of aromatic nitrogens is 3. The van der Waals surface area contributed by atoms with E-state index in [2.05, 4.69) is 9.97 Å². The summed E-state index contributed by atoms with van der Waals surface area (Å²) in [5, 5.41) is 28.0. The summed E-state index contributed by atoms with van der Waals surface area (Å²) in [7, 11) is 0. The summed E-state index contributed by atoms with van der Waals surface area (Å²) >= 11 is 0. The van der Waals surface area contributed by atoms with Crippen LogP contribution < -0.4 is 5.73 Å². The quantitative estimate of drug-likeness (QED) is 0.513. The van der Waals surface area contributed by atoms with Gasteiger partial charge in [-0.2, -0.15) is 0 Å². The van der Waals surface area contributed by atoms with Crippen LogP contribution in [0, 0.1) is 0 Å². The minimum atomic E-state index is -1.13. The van der Waals surface area contributed by atoms with Crippen molar-refractivity contribution < 1.29 is 20.1 Å². The van der Waals surface area contributed by atoms with Gasteiger partial charge in [-0.3, -0.25) is 0 Å². The summed E-state index contributed by atoms with van der Waals surface area (Å²) in [6.45, 7) is -0.799. The first-order valence-electron chi connectivity index (χ1n) is 5.74. The summed E-state index contributed by atoms with van der Waals surface area (Å²) in [5.41, 5.74) is 6.30. The molecule has 2 aromatic heterocycles. The Balaban J connectivity index is 2.11. The van der Waals surface area contributed by atoms with Crippen molar-refractivity contribution in [3.05, 3.63) is 18.6 Å². The van der Waals surface area contributed by atoms with Crippen molar-refractivity contribution in [1.29, 1.82) is 0 Å². The fraction of sp³-hybridized carbons (Fsp3) is 0.455. The Hall–Kier alpha value is -1.74. The van der Waals surface area contributed by atoms with E-state index in [0.717, 1.165) is 0 Å². The lowest BCUT2D eigenvalue weighted by molar-refractivity contribution is -0.0996. The van der Waals surface area contributed by atoms with Crippen LogP contribution in [0.5, 0.6) is 0 Å². The molecule has 2 atom stereocenters. The zero-order valence-electron chi connectivity index (χ0n) is 10.2. The van der Waals surface area contributed by atoms with Crippen molar-refractivity contribution in [3.8, 4) is 0 Å². The Morgan fingerprint density at radius 2 is 2.11 bits per heavy atom. The molecule has 0 saturated heterocycles. The van der Waals surface area contributed by atoms with E-state index in [0.29, 0.717) is 16.9 Å². The molecule has 0 bridgehead atoms. The molecule has 8 heteroatoms. The number of nitrogens with two attached hydrogens (primary N) is 1. The number of nitrogen functional groups attached to an aromatic ring is 1. The van der Waals surface area contributed by atoms with Crippen molar-refractivity contribution >= 4 is 16.9 Å². The molecule has 2 aromatic rings. The highest BCUT2D eigenvalue weighted by atomic mass is 16.5. The first-order valence-corrected chi connectivity index (χ1v) is 5.74. The van der Waals surface area contributed by atoms with Crippen LogP contribution in [-0.2, 0) is 11.5 Å². The number of aliphatic hydroxyl groups excluding tert-OH is 3. The smallest absolute Gasteiger partial charge is 0.147 e. The number of aliphatic hydroxyl groups is 3. The summed E-state index contributed by atoms with van der Waals surface area (Å²) in [6.07, 6.45) is 1.07. The lowest BCUT2D eigenvalue weighted by Crippen LogP contribution is -2.35. The van der Waals surface area contributed by atoms with Gasteiger partial charge >= 0.3 is 0 Å². The van der Waals surface area contributed by atoms with Crippen LogP contribution in [0.2, 0.25) is 0 Å². The lowest BCUT2D eigenvalue weighted by Gasteiger charge is -2.20. The van der Waals surface area contributed by atoms with Crippen LogP contribution in [0.4, 0.5) is 5.82 Å². The monoisotopic (exact) mass is 268 g/mol. The maximum Gasteiger partial charge on any atom is 0.147 e. The molecule has 5 N–H and O–H groups in total. The topological polar surface area (TPSA) is 127 Å². The Morgan fingerprint density at radius 3 is 2.79 bits per heavy atom. The van der Waals surface area contributed by atoms with Gasteiger partial charge in [-0.05, 0) is 6.07 Å². The van der Waals surface area contributed by atoms with Crippen molar-refractivity contribution in [2.45, 2.75) is 18.9 Å². The predicted octanol–water partition coefficient (Wildman–Crippen LogP) is -1.30. The summed E-state index contributed by atoms with van der Waals surface area (Å²) in [6, 6.07) is 1.75. The highest BCUT2D eigenvalue weighted by molar-refractivity contribution is 5.85. The Bertz CT molecular complexity index is 544. The average Bonchev–Trinajstić information content (AvgIpc) is 2.84. The zero-order valence-corrected chi connectivity index (χ0v) is 10.2. The molecule has 0 radical (unpaired) electrons. The first kappa shape index (κ1) is 13.7. The molecule has 19 heavy (non-hydrogen) atoms. The molecule has 2 heterocycles. The SMILES string of the molecule is Nc1ncnc2c1ccn2CO[C@H](CO)C(O)CO. The fourth-order valence-electron chi connectivity index (χ4n) is 1.71. The van der Waals surface area contributed by atoms with Gasteiger partial charge in [-0.1, -0.05) is 0 Å². The number of anilines is 1. The highest BCUT2D eigenvalue weighted by Gasteiger charge is 2.18. The normalized spacial score (nSPS) is 14.7. The summed E-state index contributed by atoms with van der Waals surface area (Å²) in [4.78, 5) is 7.96. The van der Waals surface area contributed by atoms with Gasteiger partial charge in [0.1, 0.15) is 36.7 Å². The number of hydrogen-bond acceptors (Lipinski definition) is 7. The number of nitrogens with zero attached hydrogens (tertiary/aromatic N) is 3. The predicted molar refractivity (Wildman–Crippen MR) is 67.0 cm³/mol. The third-order valence-electron chi connectivity index (χ3n) is 2.81. The molecule has 0 aromatic carbocycles. The number of hydrogen-bond donors (Lipinski definition) is 4. The molecule has 0 amide bonds. The van der Waals surface area contributed by atoms with E-state index in [-0.39, 0.29) is 6.73 Å². The molecular weight excluding hydrogens is 252 g/mol.